The predicted octanol–water partition coefficient (Wildman–Crippen LogP) is 2.03. The van der Waals surface area contributed by atoms with Crippen LogP contribution in [0.2, 0.25) is 0 Å². The summed E-state index contributed by atoms with van der Waals surface area (Å²) in [5.41, 5.74) is 2.61. The van der Waals surface area contributed by atoms with Crippen molar-refractivity contribution in [3.63, 3.8) is 0 Å². The number of likely N-dealkylation sites (tertiary alicyclic amines) is 1. The smallest absolute Gasteiger partial charge is 0.158 e. The van der Waals surface area contributed by atoms with E-state index in [4.69, 9.17) is 5.26 Å². The molecule has 2 aliphatic heterocycles. The van der Waals surface area contributed by atoms with Crippen molar-refractivity contribution in [1.29, 1.82) is 5.26 Å². The highest BCUT2D eigenvalue weighted by atomic mass is 15.3. The van der Waals surface area contributed by atoms with E-state index in [2.05, 4.69) is 61.4 Å². The Hall–Kier alpha value is -3.44. The molecular formula is C20H20N8. The maximum absolute atomic E-state index is 8.78. The first-order valence-corrected chi connectivity index (χ1v) is 9.28. The van der Waals surface area contributed by atoms with Gasteiger partial charge in [-0.3, -0.25) is 0 Å². The fourth-order valence-electron chi connectivity index (χ4n) is 4.06. The lowest BCUT2D eigenvalue weighted by Crippen LogP contribution is -2.52. The van der Waals surface area contributed by atoms with Gasteiger partial charge in [0, 0.05) is 43.0 Å². The van der Waals surface area contributed by atoms with Crippen LogP contribution in [0.3, 0.4) is 0 Å². The Labute approximate surface area is 163 Å². The Morgan fingerprint density at radius 3 is 2.50 bits per heavy atom. The van der Waals surface area contributed by atoms with E-state index in [1.165, 1.54) is 24.6 Å². The van der Waals surface area contributed by atoms with Crippen molar-refractivity contribution in [3.05, 3.63) is 54.9 Å². The summed E-state index contributed by atoms with van der Waals surface area (Å²) in [6.45, 7) is 3.48. The molecule has 0 bridgehead atoms. The average Bonchev–Trinajstić information content (AvgIpc) is 3.33. The lowest BCUT2D eigenvalue weighted by Gasteiger charge is -2.40. The summed E-state index contributed by atoms with van der Waals surface area (Å²) in [7, 11) is 2.21. The number of likely N-dealkylation sites (N-methyl/N-ethyl adjacent to an activating group) is 1. The van der Waals surface area contributed by atoms with Gasteiger partial charge >= 0.3 is 0 Å². The molecule has 140 valence electrons. The summed E-state index contributed by atoms with van der Waals surface area (Å²) in [6.07, 6.45) is 6.62. The van der Waals surface area contributed by atoms with E-state index < -0.39 is 0 Å². The van der Waals surface area contributed by atoms with Crippen LogP contribution in [0.4, 0.5) is 17.3 Å². The lowest BCUT2D eigenvalue weighted by atomic mass is 9.93. The zero-order valence-electron chi connectivity index (χ0n) is 15.5. The monoisotopic (exact) mass is 372 g/mol. The van der Waals surface area contributed by atoms with Gasteiger partial charge in [0.2, 0.25) is 0 Å². The summed E-state index contributed by atoms with van der Waals surface area (Å²) >= 11 is 0. The van der Waals surface area contributed by atoms with E-state index in [0.29, 0.717) is 17.7 Å². The molecule has 4 heterocycles. The van der Waals surface area contributed by atoms with Crippen molar-refractivity contribution in [1.82, 2.24) is 24.4 Å². The van der Waals surface area contributed by atoms with Crippen molar-refractivity contribution in [2.75, 3.05) is 36.9 Å². The van der Waals surface area contributed by atoms with E-state index in [0.717, 1.165) is 24.7 Å². The molecule has 5 rings (SSSR count). The molecule has 2 unspecified atom stereocenters. The van der Waals surface area contributed by atoms with Gasteiger partial charge in [-0.2, -0.15) is 5.26 Å². The van der Waals surface area contributed by atoms with Crippen molar-refractivity contribution >= 4 is 17.3 Å². The van der Waals surface area contributed by atoms with Gasteiger partial charge in [0.05, 0.1) is 18.6 Å². The zero-order valence-corrected chi connectivity index (χ0v) is 15.5. The van der Waals surface area contributed by atoms with Gasteiger partial charge in [-0.25, -0.2) is 15.0 Å². The quantitative estimate of drug-likeness (QED) is 0.750. The van der Waals surface area contributed by atoms with Crippen LogP contribution in [0, 0.1) is 17.2 Å². The number of nitrogens with zero attached hydrogens (tertiary/aromatic N) is 7. The number of hydrogen-bond donors (Lipinski definition) is 1. The van der Waals surface area contributed by atoms with Gasteiger partial charge in [-0.05, 0) is 31.3 Å². The van der Waals surface area contributed by atoms with Crippen molar-refractivity contribution in [3.8, 4) is 11.8 Å². The number of nitriles is 1. The number of anilines is 3. The van der Waals surface area contributed by atoms with Gasteiger partial charge < -0.3 is 19.7 Å². The maximum atomic E-state index is 8.78. The van der Waals surface area contributed by atoms with E-state index in [1.54, 1.807) is 6.33 Å². The van der Waals surface area contributed by atoms with Crippen molar-refractivity contribution < 1.29 is 0 Å². The molecule has 8 heteroatoms. The zero-order chi connectivity index (χ0) is 19.1. The maximum Gasteiger partial charge on any atom is 0.158 e. The molecule has 2 aromatic heterocycles. The van der Waals surface area contributed by atoms with Crippen LogP contribution in [0.25, 0.3) is 5.69 Å². The van der Waals surface area contributed by atoms with Crippen molar-refractivity contribution in [2.45, 2.75) is 6.04 Å². The largest absolute Gasteiger partial charge is 0.370 e. The number of aromatic nitrogens is 4. The standard InChI is InChI=1S/C20H20N8/c1-26-9-14-10-27(11-18(14)26)16-2-4-17(5-3-16)28-12-20(24-13-28)25-19-8-22-15(6-21)7-23-19/h2-5,7-8,12-14,18H,9-11H2,1H3,(H,23,25). The highest BCUT2D eigenvalue weighted by molar-refractivity contribution is 5.54. The summed E-state index contributed by atoms with van der Waals surface area (Å²) < 4.78 is 1.96. The van der Waals surface area contributed by atoms with Gasteiger partial charge in [0.25, 0.3) is 0 Å². The first-order valence-electron chi connectivity index (χ1n) is 9.28. The normalized spacial score (nSPS) is 21.1. The average molecular weight is 372 g/mol. The second-order valence-electron chi connectivity index (χ2n) is 7.38. The van der Waals surface area contributed by atoms with Crippen LogP contribution in [-0.4, -0.2) is 57.1 Å². The van der Waals surface area contributed by atoms with Gasteiger partial charge in [0.1, 0.15) is 24.0 Å². The van der Waals surface area contributed by atoms with Crippen LogP contribution < -0.4 is 10.2 Å². The molecule has 0 spiro atoms. The number of benzene rings is 1. The van der Waals surface area contributed by atoms with E-state index in [9.17, 15) is 0 Å². The molecule has 8 nitrogen and oxygen atoms in total. The molecule has 0 saturated carbocycles. The second kappa shape index (κ2) is 6.62. The molecule has 0 aliphatic carbocycles. The Balaban J connectivity index is 1.27. The van der Waals surface area contributed by atoms with Crippen LogP contribution in [0.5, 0.6) is 0 Å². The topological polar surface area (TPSA) is 85.9 Å². The highest BCUT2D eigenvalue weighted by Crippen LogP contribution is 2.33. The summed E-state index contributed by atoms with van der Waals surface area (Å²) in [5, 5.41) is 11.9. The van der Waals surface area contributed by atoms with Crippen LogP contribution in [0.1, 0.15) is 5.69 Å². The Kier molecular flexibility index (Phi) is 3.95. The Bertz CT molecular complexity index is 1020. The SMILES string of the molecule is CN1CC2CN(c3ccc(-n4cnc(Nc5cnc(C#N)cn5)c4)cc3)CC21. The fraction of sp³-hybridized carbons (Fsp3) is 0.300. The van der Waals surface area contributed by atoms with Gasteiger partial charge in [-0.15, -0.1) is 0 Å². The molecule has 0 radical (unpaired) electrons. The minimum absolute atomic E-state index is 0.286. The number of nitrogens with one attached hydrogen (secondary N) is 1. The van der Waals surface area contributed by atoms with Gasteiger partial charge in [0.15, 0.2) is 5.69 Å². The highest BCUT2D eigenvalue weighted by Gasteiger charge is 2.43. The van der Waals surface area contributed by atoms with E-state index in [1.807, 2.05) is 16.8 Å². The third kappa shape index (κ3) is 2.96. The molecule has 1 N–H and O–H groups in total. The molecule has 2 aliphatic rings. The van der Waals surface area contributed by atoms with Gasteiger partial charge in [-0.1, -0.05) is 0 Å². The molecule has 0 amide bonds. The molecule has 2 saturated heterocycles. The third-order valence-electron chi connectivity index (χ3n) is 5.61. The molecule has 1 aromatic carbocycles. The molecule has 2 fully saturated rings. The molecular weight excluding hydrogens is 352 g/mol. The number of hydrogen-bond acceptors (Lipinski definition) is 7. The minimum atomic E-state index is 0.286. The first-order chi connectivity index (χ1) is 13.7. The second-order valence-corrected chi connectivity index (χ2v) is 7.38. The number of imidazole rings is 1. The predicted molar refractivity (Wildman–Crippen MR) is 106 cm³/mol. The summed E-state index contributed by atoms with van der Waals surface area (Å²) in [6, 6.07) is 11.3. The lowest BCUT2D eigenvalue weighted by molar-refractivity contribution is 0.0827. The summed E-state index contributed by atoms with van der Waals surface area (Å²) in [5.74, 6) is 2.03. The number of fused-ring (bicyclic) bond motifs is 1. The van der Waals surface area contributed by atoms with E-state index in [-0.39, 0.29) is 5.69 Å². The molecule has 2 atom stereocenters. The Morgan fingerprint density at radius 1 is 1.00 bits per heavy atom. The molecule has 3 aromatic rings. The minimum Gasteiger partial charge on any atom is -0.370 e. The van der Waals surface area contributed by atoms with Crippen LogP contribution >= 0.6 is 0 Å². The van der Waals surface area contributed by atoms with Crippen molar-refractivity contribution in [2.24, 2.45) is 5.92 Å². The summed E-state index contributed by atoms with van der Waals surface area (Å²) in [4.78, 5) is 17.4. The van der Waals surface area contributed by atoms with E-state index >= 15 is 0 Å². The first kappa shape index (κ1) is 16.7. The fourth-order valence-corrected chi connectivity index (χ4v) is 4.06. The van der Waals surface area contributed by atoms with Crippen LogP contribution in [0.15, 0.2) is 49.2 Å². The molecule has 28 heavy (non-hydrogen) atoms. The number of rotatable bonds is 4. The Morgan fingerprint density at radius 2 is 1.82 bits per heavy atom. The third-order valence-corrected chi connectivity index (χ3v) is 5.61. The van der Waals surface area contributed by atoms with Crippen LogP contribution in [-0.2, 0) is 0 Å².